The molecule has 1 fully saturated rings. The highest BCUT2D eigenvalue weighted by molar-refractivity contribution is 5.85. The highest BCUT2D eigenvalue weighted by Crippen LogP contribution is 2.26. The van der Waals surface area contributed by atoms with E-state index in [0.717, 1.165) is 18.7 Å². The molecule has 0 amide bonds. The minimum atomic E-state index is 0.214. The Morgan fingerprint density at radius 3 is 3.17 bits per heavy atom. The average Bonchev–Trinajstić information content (AvgIpc) is 2.03. The van der Waals surface area contributed by atoms with Crippen molar-refractivity contribution in [3.63, 3.8) is 0 Å². The zero-order chi connectivity index (χ0) is 8.55. The Kier molecular flexibility index (Phi) is 1.97. The molecule has 1 saturated heterocycles. The monoisotopic (exact) mass is 167 g/mol. The summed E-state index contributed by atoms with van der Waals surface area (Å²) in [7, 11) is 0. The van der Waals surface area contributed by atoms with Gasteiger partial charge in [-0.1, -0.05) is 0 Å². The van der Waals surface area contributed by atoms with Gasteiger partial charge in [-0.15, -0.1) is 0 Å². The van der Waals surface area contributed by atoms with Crippen LogP contribution in [-0.2, 0) is 9.53 Å². The Hall–Kier alpha value is -0.700. The maximum Gasteiger partial charge on any atom is 0.158 e. The van der Waals surface area contributed by atoms with Crippen LogP contribution < -0.4 is 0 Å². The lowest BCUT2D eigenvalue weighted by Gasteiger charge is -2.32. The fraction of sp³-hybridized carbons (Fsp3) is 0.778. The van der Waals surface area contributed by atoms with Crippen LogP contribution in [0.5, 0.6) is 0 Å². The van der Waals surface area contributed by atoms with Crippen LogP contribution in [0.25, 0.3) is 0 Å². The number of ether oxygens (including phenoxy) is 1. The number of ketones is 1. The number of hydrogen-bond donors (Lipinski definition) is 0. The smallest absolute Gasteiger partial charge is 0.158 e. The third-order valence-electron chi connectivity index (χ3n) is 2.57. The molecule has 2 heterocycles. The molecule has 0 bridgehead atoms. The van der Waals surface area contributed by atoms with Crippen LogP contribution in [0.15, 0.2) is 4.99 Å². The summed E-state index contributed by atoms with van der Waals surface area (Å²) in [5.41, 5.74) is 1.16. The molecular formula is C9H13NO2. The highest BCUT2D eigenvalue weighted by Gasteiger charge is 2.32. The number of carbonyl (C=O) groups excluding carboxylic acids is 1. The normalized spacial score (nSPS) is 35.8. The van der Waals surface area contributed by atoms with Gasteiger partial charge in [0, 0.05) is 12.1 Å². The van der Waals surface area contributed by atoms with Crippen LogP contribution in [0, 0.1) is 5.92 Å². The minimum absolute atomic E-state index is 0.214. The van der Waals surface area contributed by atoms with Crippen molar-refractivity contribution in [3.05, 3.63) is 0 Å². The fourth-order valence-electron chi connectivity index (χ4n) is 1.91. The van der Waals surface area contributed by atoms with Crippen molar-refractivity contribution in [2.75, 3.05) is 13.2 Å². The number of Topliss-reactive ketones (excluding diaryl/α,β-unsaturated/α-hetero) is 1. The van der Waals surface area contributed by atoms with E-state index in [1.54, 1.807) is 0 Å². The van der Waals surface area contributed by atoms with Gasteiger partial charge in [0.15, 0.2) is 5.78 Å². The van der Waals surface area contributed by atoms with Gasteiger partial charge in [-0.2, -0.15) is 0 Å². The summed E-state index contributed by atoms with van der Waals surface area (Å²) in [6.07, 6.45) is 1.85. The van der Waals surface area contributed by atoms with E-state index < -0.39 is 0 Å². The number of fused-ring (bicyclic) bond motifs is 1. The third kappa shape index (κ3) is 1.41. The summed E-state index contributed by atoms with van der Waals surface area (Å²) in [6.45, 7) is 3.08. The fourth-order valence-corrected chi connectivity index (χ4v) is 1.91. The maximum absolute atomic E-state index is 11.1. The van der Waals surface area contributed by atoms with Gasteiger partial charge in [-0.3, -0.25) is 9.79 Å². The molecule has 0 aromatic heterocycles. The molecule has 66 valence electrons. The average molecular weight is 167 g/mol. The van der Waals surface area contributed by atoms with Gasteiger partial charge in [-0.05, 0) is 19.3 Å². The van der Waals surface area contributed by atoms with E-state index in [1.807, 2.05) is 6.92 Å². The zero-order valence-electron chi connectivity index (χ0n) is 7.25. The number of aliphatic imine (C=N–C) groups is 1. The van der Waals surface area contributed by atoms with Crippen molar-refractivity contribution >= 4 is 11.5 Å². The Morgan fingerprint density at radius 2 is 2.33 bits per heavy atom. The topological polar surface area (TPSA) is 38.7 Å². The summed E-state index contributed by atoms with van der Waals surface area (Å²) >= 11 is 0. The molecule has 0 spiro atoms. The van der Waals surface area contributed by atoms with Crippen LogP contribution in [0.1, 0.15) is 19.8 Å². The first-order chi connectivity index (χ1) is 5.75. The maximum atomic E-state index is 11.1. The van der Waals surface area contributed by atoms with Crippen molar-refractivity contribution in [2.24, 2.45) is 10.9 Å². The molecular weight excluding hydrogens is 154 g/mol. The van der Waals surface area contributed by atoms with Crippen LogP contribution in [0.2, 0.25) is 0 Å². The van der Waals surface area contributed by atoms with Gasteiger partial charge in [-0.25, -0.2) is 0 Å². The highest BCUT2D eigenvalue weighted by atomic mass is 16.5. The second-order valence-corrected chi connectivity index (χ2v) is 3.63. The molecule has 2 rings (SSSR count). The number of rotatable bonds is 0. The molecule has 2 aliphatic heterocycles. The number of hydrogen-bond acceptors (Lipinski definition) is 3. The lowest BCUT2D eigenvalue weighted by molar-refractivity contribution is -0.135. The van der Waals surface area contributed by atoms with Crippen molar-refractivity contribution in [2.45, 2.75) is 25.9 Å². The molecule has 0 aromatic rings. The summed E-state index contributed by atoms with van der Waals surface area (Å²) in [5.74, 6) is 0.648. The van der Waals surface area contributed by atoms with E-state index in [4.69, 9.17) is 4.74 Å². The lowest BCUT2D eigenvalue weighted by Crippen LogP contribution is -2.40. The second kappa shape index (κ2) is 2.98. The molecule has 0 N–H and O–H groups in total. The zero-order valence-corrected chi connectivity index (χ0v) is 7.25. The standard InChI is InChI=1S/C9H13NO2/c1-6-2-7-3-8(11)5-12-9(7)4-10-6/h7,9H,2-5H2,1H3. The van der Waals surface area contributed by atoms with Gasteiger partial charge in [0.2, 0.25) is 0 Å². The SMILES string of the molecule is CC1=NCC2OCC(=O)CC2C1. The Balaban J connectivity index is 2.08. The van der Waals surface area contributed by atoms with Crippen LogP contribution >= 0.6 is 0 Å². The first-order valence-corrected chi connectivity index (χ1v) is 4.39. The summed E-state index contributed by atoms with van der Waals surface area (Å²) < 4.78 is 5.39. The first-order valence-electron chi connectivity index (χ1n) is 4.39. The van der Waals surface area contributed by atoms with Gasteiger partial charge >= 0.3 is 0 Å². The predicted octanol–water partition coefficient (Wildman–Crippen LogP) is 0.825. The van der Waals surface area contributed by atoms with E-state index in [-0.39, 0.29) is 11.9 Å². The minimum Gasteiger partial charge on any atom is -0.368 e. The Bertz CT molecular complexity index is 235. The molecule has 3 nitrogen and oxygen atoms in total. The lowest BCUT2D eigenvalue weighted by atomic mass is 9.87. The van der Waals surface area contributed by atoms with Gasteiger partial charge in [0.1, 0.15) is 6.61 Å². The molecule has 0 saturated carbocycles. The van der Waals surface area contributed by atoms with E-state index in [9.17, 15) is 4.79 Å². The summed E-state index contributed by atoms with van der Waals surface area (Å²) in [6, 6.07) is 0. The van der Waals surface area contributed by atoms with Crippen LogP contribution in [-0.4, -0.2) is 30.8 Å². The first kappa shape index (κ1) is 7.92. The van der Waals surface area contributed by atoms with E-state index >= 15 is 0 Å². The number of carbonyl (C=O) groups is 1. The number of nitrogens with zero attached hydrogens (tertiary/aromatic N) is 1. The molecule has 0 aromatic carbocycles. The molecule has 3 heteroatoms. The Morgan fingerprint density at radius 1 is 1.50 bits per heavy atom. The molecule has 2 atom stereocenters. The van der Waals surface area contributed by atoms with E-state index in [1.165, 1.54) is 0 Å². The quantitative estimate of drug-likeness (QED) is 0.536. The van der Waals surface area contributed by atoms with E-state index in [0.29, 0.717) is 18.9 Å². The summed E-state index contributed by atoms with van der Waals surface area (Å²) in [5, 5.41) is 0. The van der Waals surface area contributed by atoms with Crippen LogP contribution in [0.4, 0.5) is 0 Å². The van der Waals surface area contributed by atoms with Gasteiger partial charge < -0.3 is 4.74 Å². The molecule has 2 aliphatic rings. The summed E-state index contributed by atoms with van der Waals surface area (Å²) in [4.78, 5) is 15.4. The van der Waals surface area contributed by atoms with Crippen molar-refractivity contribution in [1.82, 2.24) is 0 Å². The van der Waals surface area contributed by atoms with Crippen molar-refractivity contribution in [1.29, 1.82) is 0 Å². The van der Waals surface area contributed by atoms with Crippen molar-refractivity contribution in [3.8, 4) is 0 Å². The van der Waals surface area contributed by atoms with Gasteiger partial charge in [0.05, 0.1) is 12.6 Å². The van der Waals surface area contributed by atoms with Crippen LogP contribution in [0.3, 0.4) is 0 Å². The molecule has 2 unspecified atom stereocenters. The molecule has 0 aliphatic carbocycles. The Labute approximate surface area is 71.8 Å². The third-order valence-corrected chi connectivity index (χ3v) is 2.57. The van der Waals surface area contributed by atoms with Crippen molar-refractivity contribution < 1.29 is 9.53 Å². The van der Waals surface area contributed by atoms with Gasteiger partial charge in [0.25, 0.3) is 0 Å². The second-order valence-electron chi connectivity index (χ2n) is 3.63. The largest absolute Gasteiger partial charge is 0.368 e. The predicted molar refractivity (Wildman–Crippen MR) is 45.4 cm³/mol. The molecule has 0 radical (unpaired) electrons. The molecule has 12 heavy (non-hydrogen) atoms. The van der Waals surface area contributed by atoms with E-state index in [2.05, 4.69) is 4.99 Å².